The number of rotatable bonds is 4. The van der Waals surface area contributed by atoms with Gasteiger partial charge in [0.2, 0.25) is 0 Å². The third kappa shape index (κ3) is 1.72. The van der Waals surface area contributed by atoms with E-state index >= 15 is 0 Å². The van der Waals surface area contributed by atoms with Gasteiger partial charge >= 0.3 is 0 Å². The lowest BCUT2D eigenvalue weighted by Crippen LogP contribution is -2.58. The van der Waals surface area contributed by atoms with Gasteiger partial charge in [0.15, 0.2) is 0 Å². The smallest absolute Gasteiger partial charge is 0.0636 e. The van der Waals surface area contributed by atoms with Crippen molar-refractivity contribution in [1.29, 1.82) is 0 Å². The fourth-order valence-corrected chi connectivity index (χ4v) is 3.91. The Morgan fingerprint density at radius 3 is 2.12 bits per heavy atom. The molecule has 0 amide bonds. The van der Waals surface area contributed by atoms with Gasteiger partial charge in [-0.3, -0.25) is 0 Å². The number of benzene rings is 1. The van der Waals surface area contributed by atoms with E-state index in [0.29, 0.717) is 11.8 Å². The molecule has 94 valence electrons. The van der Waals surface area contributed by atoms with Crippen molar-refractivity contribution >= 4 is 0 Å². The van der Waals surface area contributed by atoms with Crippen LogP contribution in [0.3, 0.4) is 0 Å². The molecule has 1 aliphatic rings. The minimum absolute atomic E-state index is 0.113. The van der Waals surface area contributed by atoms with Crippen molar-refractivity contribution in [1.82, 2.24) is 0 Å². The van der Waals surface area contributed by atoms with Gasteiger partial charge in [0.05, 0.1) is 6.10 Å². The lowest BCUT2D eigenvalue weighted by atomic mass is 9.47. The maximum atomic E-state index is 10.4. The third-order valence-electron chi connectivity index (χ3n) is 4.99. The van der Waals surface area contributed by atoms with Crippen LogP contribution in [0, 0.1) is 11.3 Å². The van der Waals surface area contributed by atoms with E-state index in [1.54, 1.807) is 0 Å². The standard InChI is InChI=1S/C16H24O/c1-4-13-14(12-10-8-7-9-11-12)16(5-2,6-3)15(13)17/h7-11,13-15,17H,4-6H2,1-3H3. The maximum Gasteiger partial charge on any atom is 0.0636 e. The molecule has 1 aliphatic carbocycles. The highest BCUT2D eigenvalue weighted by atomic mass is 16.3. The minimum Gasteiger partial charge on any atom is -0.392 e. The van der Waals surface area contributed by atoms with Gasteiger partial charge in [-0.1, -0.05) is 57.5 Å². The van der Waals surface area contributed by atoms with Crippen LogP contribution in [0.5, 0.6) is 0 Å². The Morgan fingerprint density at radius 1 is 1.06 bits per heavy atom. The van der Waals surface area contributed by atoms with Crippen molar-refractivity contribution in [3.05, 3.63) is 35.9 Å². The summed E-state index contributed by atoms with van der Waals surface area (Å²) in [7, 11) is 0. The Balaban J connectivity index is 2.35. The zero-order valence-corrected chi connectivity index (χ0v) is 11.2. The Bertz CT molecular complexity index is 353. The Hall–Kier alpha value is -0.820. The molecule has 3 atom stereocenters. The first-order valence-corrected chi connectivity index (χ1v) is 6.94. The van der Waals surface area contributed by atoms with Gasteiger partial charge in [-0.15, -0.1) is 0 Å². The third-order valence-corrected chi connectivity index (χ3v) is 4.99. The molecular weight excluding hydrogens is 208 g/mol. The summed E-state index contributed by atoms with van der Waals surface area (Å²) in [6, 6.07) is 10.7. The summed E-state index contributed by atoms with van der Waals surface area (Å²) < 4.78 is 0. The molecule has 0 heterocycles. The first kappa shape index (κ1) is 12.6. The molecule has 0 spiro atoms. The molecule has 1 aromatic carbocycles. The summed E-state index contributed by atoms with van der Waals surface area (Å²) in [6.45, 7) is 6.63. The number of hydrogen-bond acceptors (Lipinski definition) is 1. The Morgan fingerprint density at radius 2 is 1.65 bits per heavy atom. The van der Waals surface area contributed by atoms with Gasteiger partial charge in [0, 0.05) is 5.41 Å². The second-order valence-corrected chi connectivity index (χ2v) is 5.35. The summed E-state index contributed by atoms with van der Waals surface area (Å²) in [4.78, 5) is 0. The molecule has 1 heteroatoms. The predicted octanol–water partition coefficient (Wildman–Crippen LogP) is 3.98. The van der Waals surface area contributed by atoms with E-state index in [4.69, 9.17) is 0 Å². The second kappa shape index (κ2) is 4.81. The van der Waals surface area contributed by atoms with E-state index in [2.05, 4.69) is 51.1 Å². The summed E-state index contributed by atoms with van der Waals surface area (Å²) in [5.74, 6) is 0.982. The van der Waals surface area contributed by atoms with Crippen LogP contribution in [0.4, 0.5) is 0 Å². The molecule has 1 nitrogen and oxygen atoms in total. The zero-order chi connectivity index (χ0) is 12.5. The largest absolute Gasteiger partial charge is 0.392 e. The summed E-state index contributed by atoms with van der Waals surface area (Å²) in [5, 5.41) is 10.4. The van der Waals surface area contributed by atoms with E-state index in [0.717, 1.165) is 19.3 Å². The molecule has 2 rings (SSSR count). The molecule has 3 unspecified atom stereocenters. The molecule has 1 aromatic rings. The first-order chi connectivity index (χ1) is 8.21. The number of aliphatic hydroxyl groups is 1. The van der Waals surface area contributed by atoms with Crippen molar-refractivity contribution < 1.29 is 5.11 Å². The van der Waals surface area contributed by atoms with Crippen LogP contribution in [-0.4, -0.2) is 11.2 Å². The Kier molecular flexibility index (Phi) is 3.58. The first-order valence-electron chi connectivity index (χ1n) is 6.94. The van der Waals surface area contributed by atoms with Gasteiger partial charge in [-0.05, 0) is 30.2 Å². The molecule has 0 saturated heterocycles. The van der Waals surface area contributed by atoms with Crippen molar-refractivity contribution in [3.8, 4) is 0 Å². The maximum absolute atomic E-state index is 10.4. The van der Waals surface area contributed by atoms with E-state index in [9.17, 15) is 5.11 Å². The predicted molar refractivity (Wildman–Crippen MR) is 72.0 cm³/mol. The fraction of sp³-hybridized carbons (Fsp3) is 0.625. The van der Waals surface area contributed by atoms with Crippen LogP contribution >= 0.6 is 0 Å². The molecule has 1 fully saturated rings. The number of hydrogen-bond donors (Lipinski definition) is 1. The number of aliphatic hydroxyl groups excluding tert-OH is 1. The molecule has 1 saturated carbocycles. The van der Waals surface area contributed by atoms with E-state index in [1.165, 1.54) is 5.56 Å². The van der Waals surface area contributed by atoms with E-state index in [1.807, 2.05) is 0 Å². The van der Waals surface area contributed by atoms with Crippen LogP contribution in [0.15, 0.2) is 30.3 Å². The normalized spacial score (nSPS) is 30.9. The van der Waals surface area contributed by atoms with E-state index in [-0.39, 0.29) is 11.5 Å². The molecule has 17 heavy (non-hydrogen) atoms. The second-order valence-electron chi connectivity index (χ2n) is 5.35. The SMILES string of the molecule is CCC1C(O)C(CC)(CC)C1c1ccccc1. The summed E-state index contributed by atoms with van der Waals surface area (Å²) in [6.07, 6.45) is 3.09. The minimum atomic E-state index is -0.118. The average Bonchev–Trinajstić information content (AvgIpc) is 2.39. The highest BCUT2D eigenvalue weighted by Gasteiger charge is 2.58. The van der Waals surface area contributed by atoms with E-state index < -0.39 is 0 Å². The topological polar surface area (TPSA) is 20.2 Å². The van der Waals surface area contributed by atoms with Crippen molar-refractivity contribution in [2.24, 2.45) is 11.3 Å². The van der Waals surface area contributed by atoms with Crippen LogP contribution in [0.1, 0.15) is 51.5 Å². The molecule has 0 aliphatic heterocycles. The van der Waals surface area contributed by atoms with Gasteiger partial charge in [0.25, 0.3) is 0 Å². The van der Waals surface area contributed by atoms with Crippen LogP contribution in [0.2, 0.25) is 0 Å². The van der Waals surface area contributed by atoms with Crippen LogP contribution < -0.4 is 0 Å². The lowest BCUT2D eigenvalue weighted by molar-refractivity contribution is -0.150. The highest BCUT2D eigenvalue weighted by molar-refractivity contribution is 5.29. The van der Waals surface area contributed by atoms with Gasteiger partial charge < -0.3 is 5.11 Å². The molecule has 0 bridgehead atoms. The molecule has 1 N–H and O–H groups in total. The quantitative estimate of drug-likeness (QED) is 0.832. The lowest BCUT2D eigenvalue weighted by Gasteiger charge is -2.59. The van der Waals surface area contributed by atoms with Gasteiger partial charge in [-0.25, -0.2) is 0 Å². The molecular formula is C16H24O. The van der Waals surface area contributed by atoms with Crippen molar-refractivity contribution in [3.63, 3.8) is 0 Å². The zero-order valence-electron chi connectivity index (χ0n) is 11.2. The molecule has 0 aromatic heterocycles. The van der Waals surface area contributed by atoms with Gasteiger partial charge in [0.1, 0.15) is 0 Å². The molecule has 0 radical (unpaired) electrons. The van der Waals surface area contributed by atoms with Crippen LogP contribution in [-0.2, 0) is 0 Å². The average molecular weight is 232 g/mol. The monoisotopic (exact) mass is 232 g/mol. The summed E-state index contributed by atoms with van der Waals surface area (Å²) in [5.41, 5.74) is 1.52. The van der Waals surface area contributed by atoms with Crippen molar-refractivity contribution in [2.75, 3.05) is 0 Å². The summed E-state index contributed by atoms with van der Waals surface area (Å²) >= 11 is 0. The fourth-order valence-electron chi connectivity index (χ4n) is 3.91. The Labute approximate surface area is 105 Å². The van der Waals surface area contributed by atoms with Gasteiger partial charge in [-0.2, -0.15) is 0 Å². The van der Waals surface area contributed by atoms with Crippen LogP contribution in [0.25, 0.3) is 0 Å². The highest BCUT2D eigenvalue weighted by Crippen LogP contribution is 2.61. The van der Waals surface area contributed by atoms with Crippen molar-refractivity contribution in [2.45, 2.75) is 52.1 Å².